The van der Waals surface area contributed by atoms with Crippen LogP contribution in [0.3, 0.4) is 0 Å². The van der Waals surface area contributed by atoms with E-state index >= 15 is 0 Å². The predicted octanol–water partition coefficient (Wildman–Crippen LogP) is 1.93. The van der Waals surface area contributed by atoms with Crippen molar-refractivity contribution in [1.29, 1.82) is 0 Å². The fourth-order valence-electron chi connectivity index (χ4n) is 3.35. The maximum absolute atomic E-state index is 12.6. The fourth-order valence-corrected chi connectivity index (χ4v) is 4.89. The maximum Gasteiger partial charge on any atom is 0.244 e. The van der Waals surface area contributed by atoms with Gasteiger partial charge in [0.05, 0.1) is 7.11 Å². The number of methoxy groups -OCH3 is 1. The first-order chi connectivity index (χ1) is 10.1. The Morgan fingerprint density at radius 2 is 1.95 bits per heavy atom. The van der Waals surface area contributed by atoms with Crippen LogP contribution in [0.15, 0.2) is 29.2 Å². The largest absolute Gasteiger partial charge is 0.495 e. The highest BCUT2D eigenvalue weighted by Gasteiger charge is 2.49. The van der Waals surface area contributed by atoms with E-state index in [4.69, 9.17) is 9.47 Å². The lowest BCUT2D eigenvalue weighted by atomic mass is 9.60. The number of sulfonamides is 1. The average molecular weight is 311 g/mol. The first-order valence-electron chi connectivity index (χ1n) is 7.30. The van der Waals surface area contributed by atoms with E-state index < -0.39 is 10.0 Å². The molecule has 1 aromatic carbocycles. The third kappa shape index (κ3) is 2.67. The summed E-state index contributed by atoms with van der Waals surface area (Å²) >= 11 is 0. The molecule has 21 heavy (non-hydrogen) atoms. The van der Waals surface area contributed by atoms with Crippen molar-refractivity contribution in [2.45, 2.75) is 36.6 Å². The minimum atomic E-state index is -3.55. The zero-order valence-electron chi connectivity index (χ0n) is 12.2. The van der Waals surface area contributed by atoms with E-state index in [2.05, 4.69) is 4.72 Å². The molecule has 1 unspecified atom stereocenters. The van der Waals surface area contributed by atoms with E-state index in [9.17, 15) is 8.42 Å². The topological polar surface area (TPSA) is 64.6 Å². The van der Waals surface area contributed by atoms with Gasteiger partial charge in [-0.25, -0.2) is 13.1 Å². The molecule has 1 atom stereocenters. The normalized spacial score (nSPS) is 24.5. The molecule has 0 aromatic heterocycles. The first-order valence-corrected chi connectivity index (χ1v) is 8.79. The van der Waals surface area contributed by atoms with Crippen molar-refractivity contribution in [1.82, 2.24) is 4.72 Å². The second-order valence-corrected chi connectivity index (χ2v) is 7.52. The summed E-state index contributed by atoms with van der Waals surface area (Å²) in [4.78, 5) is 0.210. The lowest BCUT2D eigenvalue weighted by Crippen LogP contribution is -2.57. The smallest absolute Gasteiger partial charge is 0.244 e. The van der Waals surface area contributed by atoms with Gasteiger partial charge in [0.2, 0.25) is 10.0 Å². The van der Waals surface area contributed by atoms with Crippen molar-refractivity contribution in [3.8, 4) is 5.75 Å². The van der Waals surface area contributed by atoms with Gasteiger partial charge in [0.25, 0.3) is 0 Å². The van der Waals surface area contributed by atoms with Crippen LogP contribution in [0.4, 0.5) is 0 Å². The molecule has 1 saturated carbocycles. The number of benzene rings is 1. The minimum absolute atomic E-state index is 0.0105. The van der Waals surface area contributed by atoms with Crippen molar-refractivity contribution >= 4 is 10.0 Å². The Morgan fingerprint density at radius 1 is 1.24 bits per heavy atom. The van der Waals surface area contributed by atoms with Crippen LogP contribution in [0.25, 0.3) is 0 Å². The SMILES string of the molecule is COc1ccccc1S(=O)(=O)NC1CCC12CCOCC2. The summed E-state index contributed by atoms with van der Waals surface area (Å²) < 4.78 is 38.7. The summed E-state index contributed by atoms with van der Waals surface area (Å²) in [6.45, 7) is 1.46. The second-order valence-electron chi connectivity index (χ2n) is 5.84. The Hall–Kier alpha value is -1.11. The van der Waals surface area contributed by atoms with Crippen molar-refractivity contribution in [3.05, 3.63) is 24.3 Å². The predicted molar refractivity (Wildman–Crippen MR) is 78.8 cm³/mol. The van der Waals surface area contributed by atoms with Gasteiger partial charge in [0, 0.05) is 19.3 Å². The number of para-hydroxylation sites is 1. The van der Waals surface area contributed by atoms with Crippen molar-refractivity contribution in [3.63, 3.8) is 0 Å². The van der Waals surface area contributed by atoms with E-state index in [1.54, 1.807) is 24.3 Å². The number of nitrogens with one attached hydrogen (secondary N) is 1. The molecule has 1 saturated heterocycles. The van der Waals surface area contributed by atoms with Crippen LogP contribution in [-0.2, 0) is 14.8 Å². The van der Waals surface area contributed by atoms with E-state index in [1.165, 1.54) is 7.11 Å². The molecule has 116 valence electrons. The molecule has 1 aliphatic carbocycles. The molecule has 1 spiro atoms. The second kappa shape index (κ2) is 5.59. The monoisotopic (exact) mass is 311 g/mol. The third-order valence-electron chi connectivity index (χ3n) is 4.81. The molecule has 0 bridgehead atoms. The zero-order chi connectivity index (χ0) is 14.9. The summed E-state index contributed by atoms with van der Waals surface area (Å²) in [7, 11) is -2.07. The molecule has 2 aliphatic rings. The Labute approximate surface area is 125 Å². The Bertz CT molecular complexity index is 608. The molecule has 0 radical (unpaired) electrons. The molecule has 0 amide bonds. The standard InChI is InChI=1S/C15H21NO4S/c1-19-12-4-2-3-5-13(12)21(17,18)16-14-6-7-15(14)8-10-20-11-9-15/h2-5,14,16H,6-11H2,1H3. The van der Waals surface area contributed by atoms with Crippen LogP contribution < -0.4 is 9.46 Å². The summed E-state index contributed by atoms with van der Waals surface area (Å²) in [6, 6.07) is 6.73. The van der Waals surface area contributed by atoms with Gasteiger partial charge in [-0.2, -0.15) is 0 Å². The molecule has 5 nitrogen and oxygen atoms in total. The van der Waals surface area contributed by atoms with Gasteiger partial charge in [0.15, 0.2) is 0 Å². The molecule has 1 aromatic rings. The quantitative estimate of drug-likeness (QED) is 0.923. The average Bonchev–Trinajstić information content (AvgIpc) is 2.52. The summed E-state index contributed by atoms with van der Waals surface area (Å²) in [6.07, 6.45) is 3.85. The van der Waals surface area contributed by atoms with E-state index in [0.717, 1.165) is 38.9 Å². The zero-order valence-corrected chi connectivity index (χ0v) is 13.0. The highest BCUT2D eigenvalue weighted by atomic mass is 32.2. The van der Waals surface area contributed by atoms with Crippen molar-refractivity contribution < 1.29 is 17.9 Å². The molecular formula is C15H21NO4S. The Balaban J connectivity index is 1.80. The lowest BCUT2D eigenvalue weighted by Gasteiger charge is -2.51. The van der Waals surface area contributed by atoms with Crippen LogP contribution >= 0.6 is 0 Å². The van der Waals surface area contributed by atoms with Crippen molar-refractivity contribution in [2.75, 3.05) is 20.3 Å². The van der Waals surface area contributed by atoms with Crippen LogP contribution in [0.2, 0.25) is 0 Å². The highest BCUT2D eigenvalue weighted by Crippen LogP contribution is 2.49. The third-order valence-corrected chi connectivity index (χ3v) is 6.33. The van der Waals surface area contributed by atoms with Gasteiger partial charge in [-0.1, -0.05) is 12.1 Å². The van der Waals surface area contributed by atoms with E-state index in [-0.39, 0.29) is 16.4 Å². The summed E-state index contributed by atoms with van der Waals surface area (Å²) in [5, 5.41) is 0. The van der Waals surface area contributed by atoms with Crippen LogP contribution in [0.1, 0.15) is 25.7 Å². The molecule has 1 N–H and O–H groups in total. The van der Waals surface area contributed by atoms with Gasteiger partial charge >= 0.3 is 0 Å². The van der Waals surface area contributed by atoms with Crippen LogP contribution in [0.5, 0.6) is 5.75 Å². The summed E-state index contributed by atoms with van der Waals surface area (Å²) in [5.41, 5.74) is 0.0906. The van der Waals surface area contributed by atoms with Gasteiger partial charge < -0.3 is 9.47 Å². The first kappa shape index (κ1) is 14.8. The minimum Gasteiger partial charge on any atom is -0.495 e. The molecule has 2 fully saturated rings. The van der Waals surface area contributed by atoms with Gasteiger partial charge in [0.1, 0.15) is 10.6 Å². The number of ether oxygens (including phenoxy) is 2. The van der Waals surface area contributed by atoms with E-state index in [1.807, 2.05) is 0 Å². The Morgan fingerprint density at radius 3 is 2.57 bits per heavy atom. The number of hydrogen-bond donors (Lipinski definition) is 1. The van der Waals surface area contributed by atoms with Gasteiger partial charge in [-0.3, -0.25) is 0 Å². The van der Waals surface area contributed by atoms with Gasteiger partial charge in [-0.15, -0.1) is 0 Å². The highest BCUT2D eigenvalue weighted by molar-refractivity contribution is 7.89. The van der Waals surface area contributed by atoms with Crippen LogP contribution in [-0.4, -0.2) is 34.8 Å². The van der Waals surface area contributed by atoms with Crippen LogP contribution in [0, 0.1) is 5.41 Å². The molecule has 3 rings (SSSR count). The lowest BCUT2D eigenvalue weighted by molar-refractivity contribution is -0.0483. The Kier molecular flexibility index (Phi) is 3.94. The van der Waals surface area contributed by atoms with Crippen molar-refractivity contribution in [2.24, 2.45) is 5.41 Å². The number of hydrogen-bond acceptors (Lipinski definition) is 4. The fraction of sp³-hybridized carbons (Fsp3) is 0.600. The molecule has 6 heteroatoms. The molecule has 1 aliphatic heterocycles. The van der Waals surface area contributed by atoms with Gasteiger partial charge in [-0.05, 0) is 43.2 Å². The molecule has 1 heterocycles. The number of rotatable bonds is 4. The maximum atomic E-state index is 12.6. The molecular weight excluding hydrogens is 290 g/mol. The van der Waals surface area contributed by atoms with E-state index in [0.29, 0.717) is 5.75 Å². The summed E-state index contributed by atoms with van der Waals surface area (Å²) in [5.74, 6) is 0.380.